The van der Waals surface area contributed by atoms with Gasteiger partial charge in [-0.1, -0.05) is 58.7 Å². The SMILES string of the molecule is COc1ccc(C2CC(c3ccc(Cl)cc3)=C/C(=N\OS(=O)(=O)c3ccc(C)cc3)C2)cc1. The van der Waals surface area contributed by atoms with E-state index >= 15 is 0 Å². The normalized spacial score (nSPS) is 17.5. The number of hydrogen-bond acceptors (Lipinski definition) is 5. The van der Waals surface area contributed by atoms with Crippen molar-refractivity contribution in [3.8, 4) is 5.75 Å². The van der Waals surface area contributed by atoms with Crippen molar-refractivity contribution in [3.05, 3.63) is 101 Å². The molecule has 0 fully saturated rings. The molecule has 4 rings (SSSR count). The quantitative estimate of drug-likeness (QED) is 0.383. The highest BCUT2D eigenvalue weighted by Gasteiger charge is 2.24. The van der Waals surface area contributed by atoms with Crippen LogP contribution in [0.4, 0.5) is 0 Å². The first kappa shape index (κ1) is 23.1. The highest BCUT2D eigenvalue weighted by Crippen LogP contribution is 2.37. The summed E-state index contributed by atoms with van der Waals surface area (Å²) in [6.45, 7) is 1.89. The Hall–Kier alpha value is -3.09. The van der Waals surface area contributed by atoms with Crippen LogP contribution < -0.4 is 4.74 Å². The molecule has 0 saturated heterocycles. The third kappa shape index (κ3) is 5.64. The van der Waals surface area contributed by atoms with E-state index in [-0.39, 0.29) is 10.8 Å². The molecule has 1 aliphatic rings. The number of benzene rings is 3. The van der Waals surface area contributed by atoms with Crippen molar-refractivity contribution in [2.24, 2.45) is 5.16 Å². The molecule has 0 N–H and O–H groups in total. The predicted octanol–water partition coefficient (Wildman–Crippen LogP) is 6.38. The van der Waals surface area contributed by atoms with Crippen molar-refractivity contribution in [1.82, 2.24) is 0 Å². The van der Waals surface area contributed by atoms with Crippen LogP contribution in [0.25, 0.3) is 5.57 Å². The van der Waals surface area contributed by atoms with E-state index in [4.69, 9.17) is 20.6 Å². The monoisotopic (exact) mass is 481 g/mol. The van der Waals surface area contributed by atoms with E-state index in [2.05, 4.69) is 5.16 Å². The van der Waals surface area contributed by atoms with Crippen LogP contribution in [0.1, 0.15) is 35.4 Å². The zero-order chi connectivity index (χ0) is 23.4. The second-order valence-corrected chi connectivity index (χ2v) is 9.94. The maximum Gasteiger partial charge on any atom is 0.358 e. The lowest BCUT2D eigenvalue weighted by Gasteiger charge is -2.24. The molecule has 3 aromatic carbocycles. The average Bonchev–Trinajstić information content (AvgIpc) is 2.83. The largest absolute Gasteiger partial charge is 0.497 e. The van der Waals surface area contributed by atoms with Gasteiger partial charge in [-0.2, -0.15) is 8.42 Å². The van der Waals surface area contributed by atoms with Gasteiger partial charge in [0.15, 0.2) is 0 Å². The second-order valence-electron chi connectivity index (χ2n) is 7.98. The summed E-state index contributed by atoms with van der Waals surface area (Å²) >= 11 is 6.06. The first-order chi connectivity index (χ1) is 15.8. The van der Waals surface area contributed by atoms with E-state index in [0.29, 0.717) is 17.2 Å². The summed E-state index contributed by atoms with van der Waals surface area (Å²) in [6, 6.07) is 21.9. The molecular formula is C26H24ClNO4S. The van der Waals surface area contributed by atoms with Gasteiger partial charge < -0.3 is 4.74 Å². The Morgan fingerprint density at radius 1 is 0.909 bits per heavy atom. The number of methoxy groups -OCH3 is 1. The van der Waals surface area contributed by atoms with Crippen molar-refractivity contribution in [2.45, 2.75) is 30.6 Å². The van der Waals surface area contributed by atoms with E-state index in [9.17, 15) is 8.42 Å². The van der Waals surface area contributed by atoms with E-state index in [1.807, 2.05) is 61.5 Å². The third-order valence-corrected chi connectivity index (χ3v) is 7.00. The lowest BCUT2D eigenvalue weighted by molar-refractivity contribution is 0.337. The third-order valence-electron chi connectivity index (χ3n) is 5.63. The minimum atomic E-state index is -4.01. The fourth-order valence-electron chi connectivity index (χ4n) is 3.79. The molecule has 0 bridgehead atoms. The van der Waals surface area contributed by atoms with E-state index in [1.54, 1.807) is 19.2 Å². The van der Waals surface area contributed by atoms with Crippen molar-refractivity contribution in [3.63, 3.8) is 0 Å². The lowest BCUT2D eigenvalue weighted by Crippen LogP contribution is -2.14. The smallest absolute Gasteiger partial charge is 0.358 e. The molecule has 3 aromatic rings. The van der Waals surface area contributed by atoms with Gasteiger partial charge in [0.1, 0.15) is 10.6 Å². The molecule has 0 aromatic heterocycles. The van der Waals surface area contributed by atoms with Gasteiger partial charge in [0.05, 0.1) is 12.8 Å². The average molecular weight is 482 g/mol. The number of aryl methyl sites for hydroxylation is 1. The molecule has 0 saturated carbocycles. The molecule has 1 unspecified atom stereocenters. The summed E-state index contributed by atoms with van der Waals surface area (Å²) in [6.07, 6.45) is 3.22. The Bertz CT molecular complexity index is 1280. The topological polar surface area (TPSA) is 65.0 Å². The van der Waals surface area contributed by atoms with Gasteiger partial charge in [-0.3, -0.25) is 4.28 Å². The summed E-state index contributed by atoms with van der Waals surface area (Å²) in [4.78, 5) is 0.0712. The maximum atomic E-state index is 12.6. The predicted molar refractivity (Wildman–Crippen MR) is 131 cm³/mol. The van der Waals surface area contributed by atoms with Crippen LogP contribution in [0, 0.1) is 6.92 Å². The molecule has 0 aliphatic heterocycles. The molecule has 170 valence electrons. The molecule has 0 radical (unpaired) electrons. The minimum absolute atomic E-state index is 0.0712. The Morgan fingerprint density at radius 3 is 2.21 bits per heavy atom. The molecule has 1 aliphatic carbocycles. The van der Waals surface area contributed by atoms with Crippen LogP contribution in [-0.4, -0.2) is 21.2 Å². The van der Waals surface area contributed by atoms with Gasteiger partial charge in [-0.15, -0.1) is 0 Å². The standard InChI is InChI=1S/C26H24ClNO4S/c1-18-3-13-26(14-4-18)33(29,30)32-28-24-16-21(19-5-9-23(27)10-6-19)15-22(17-24)20-7-11-25(31-2)12-8-20/h3-14,16,22H,15,17H2,1-2H3/b28-24+. The zero-order valence-corrected chi connectivity index (χ0v) is 19.9. The van der Waals surface area contributed by atoms with Crippen molar-refractivity contribution in [2.75, 3.05) is 7.11 Å². The zero-order valence-electron chi connectivity index (χ0n) is 18.4. The lowest BCUT2D eigenvalue weighted by atomic mass is 9.81. The Morgan fingerprint density at radius 2 is 1.58 bits per heavy atom. The maximum absolute atomic E-state index is 12.6. The van der Waals surface area contributed by atoms with Gasteiger partial charge >= 0.3 is 10.1 Å². The Labute approximate surface area is 199 Å². The molecule has 1 atom stereocenters. The van der Waals surface area contributed by atoms with Crippen LogP contribution in [0.2, 0.25) is 5.02 Å². The first-order valence-corrected chi connectivity index (χ1v) is 12.3. The van der Waals surface area contributed by atoms with Crippen molar-refractivity contribution < 1.29 is 17.4 Å². The van der Waals surface area contributed by atoms with Gasteiger partial charge in [-0.25, -0.2) is 0 Å². The Balaban J connectivity index is 1.65. The summed E-state index contributed by atoms with van der Waals surface area (Å²) in [5.74, 6) is 0.889. The van der Waals surface area contributed by atoms with Gasteiger partial charge in [0.25, 0.3) is 0 Å². The number of rotatable bonds is 6. The summed E-state index contributed by atoms with van der Waals surface area (Å²) < 4.78 is 35.6. The second kappa shape index (κ2) is 9.81. The fourth-order valence-corrected chi connectivity index (χ4v) is 4.67. The van der Waals surface area contributed by atoms with Crippen LogP contribution in [0.5, 0.6) is 5.75 Å². The van der Waals surface area contributed by atoms with E-state index in [0.717, 1.165) is 34.4 Å². The van der Waals surface area contributed by atoms with Gasteiger partial charge in [-0.05, 0) is 78.4 Å². The number of nitrogens with zero attached hydrogens (tertiary/aromatic N) is 1. The minimum Gasteiger partial charge on any atom is -0.497 e. The van der Waals surface area contributed by atoms with Crippen LogP contribution in [-0.2, 0) is 14.4 Å². The molecule has 0 amide bonds. The molecule has 5 nitrogen and oxygen atoms in total. The van der Waals surface area contributed by atoms with Crippen molar-refractivity contribution in [1.29, 1.82) is 0 Å². The van der Waals surface area contributed by atoms with Gasteiger partial charge in [0.2, 0.25) is 0 Å². The number of allylic oxidation sites excluding steroid dienone is 2. The molecular weight excluding hydrogens is 458 g/mol. The number of ether oxygens (including phenoxy) is 1. The fraction of sp³-hybridized carbons (Fsp3) is 0.192. The molecule has 0 spiro atoms. The number of hydrogen-bond donors (Lipinski definition) is 0. The number of halogens is 1. The summed E-state index contributed by atoms with van der Waals surface area (Å²) in [5.41, 5.74) is 4.68. The van der Waals surface area contributed by atoms with Crippen LogP contribution in [0.15, 0.2) is 88.9 Å². The van der Waals surface area contributed by atoms with Crippen LogP contribution >= 0.6 is 11.6 Å². The van der Waals surface area contributed by atoms with Crippen molar-refractivity contribution >= 4 is 33.0 Å². The number of oxime groups is 1. The summed E-state index contributed by atoms with van der Waals surface area (Å²) in [5, 5.41) is 4.71. The van der Waals surface area contributed by atoms with E-state index < -0.39 is 10.1 Å². The Kier molecular flexibility index (Phi) is 6.86. The highest BCUT2D eigenvalue weighted by atomic mass is 35.5. The van der Waals surface area contributed by atoms with Gasteiger partial charge in [0, 0.05) is 11.4 Å². The molecule has 0 heterocycles. The highest BCUT2D eigenvalue weighted by molar-refractivity contribution is 7.86. The van der Waals surface area contributed by atoms with E-state index in [1.165, 1.54) is 12.1 Å². The first-order valence-electron chi connectivity index (χ1n) is 10.5. The molecule has 33 heavy (non-hydrogen) atoms. The van der Waals surface area contributed by atoms with Crippen LogP contribution in [0.3, 0.4) is 0 Å². The molecule has 7 heteroatoms. The summed E-state index contributed by atoms with van der Waals surface area (Å²) in [7, 11) is -2.37.